The van der Waals surface area contributed by atoms with Gasteiger partial charge in [0.2, 0.25) is 0 Å². The van der Waals surface area contributed by atoms with Gasteiger partial charge in [-0.25, -0.2) is 0 Å². The average molecular weight is 208 g/mol. The first-order valence-corrected chi connectivity index (χ1v) is 6.04. The zero-order chi connectivity index (χ0) is 11.0. The Morgan fingerprint density at radius 1 is 1.33 bits per heavy atom. The first-order valence-electron chi connectivity index (χ1n) is 6.04. The predicted octanol–water partition coefficient (Wildman–Crippen LogP) is 3.54. The van der Waals surface area contributed by atoms with Crippen LogP contribution in [0.5, 0.6) is 0 Å². The second-order valence-electron chi connectivity index (χ2n) is 4.39. The lowest BCUT2D eigenvalue weighted by Gasteiger charge is -2.23. The molecule has 1 aromatic heterocycles. The Kier molecular flexibility index (Phi) is 2.87. The van der Waals surface area contributed by atoms with Gasteiger partial charge in [0.1, 0.15) is 11.5 Å². The van der Waals surface area contributed by atoms with Crippen LogP contribution in [0.1, 0.15) is 62.2 Å². The van der Waals surface area contributed by atoms with E-state index >= 15 is 0 Å². The molecule has 2 nitrogen and oxygen atoms in total. The lowest BCUT2D eigenvalue weighted by molar-refractivity contribution is 0.101. The van der Waals surface area contributed by atoms with E-state index in [1.165, 1.54) is 6.42 Å². The molecule has 3 unspecified atom stereocenters. The summed E-state index contributed by atoms with van der Waals surface area (Å²) < 4.78 is 5.65. The largest absolute Gasteiger partial charge is 0.466 e. The van der Waals surface area contributed by atoms with Crippen molar-refractivity contribution >= 4 is 0 Å². The summed E-state index contributed by atoms with van der Waals surface area (Å²) in [6.45, 7) is 5.96. The van der Waals surface area contributed by atoms with Crippen LogP contribution in [0.2, 0.25) is 0 Å². The zero-order valence-corrected chi connectivity index (χ0v) is 9.79. The van der Waals surface area contributed by atoms with E-state index in [0.29, 0.717) is 11.8 Å². The Bertz CT molecular complexity index is 327. The number of furan rings is 1. The first kappa shape index (κ1) is 10.7. The summed E-state index contributed by atoms with van der Waals surface area (Å²) in [5.41, 5.74) is 1.07. The second-order valence-corrected chi connectivity index (χ2v) is 4.39. The summed E-state index contributed by atoms with van der Waals surface area (Å²) in [6.07, 6.45) is 3.23. The number of aliphatic hydroxyl groups excluding tert-OH is 1. The van der Waals surface area contributed by atoms with Crippen molar-refractivity contribution in [3.8, 4) is 0 Å². The van der Waals surface area contributed by atoms with Gasteiger partial charge in [-0.2, -0.15) is 0 Å². The minimum absolute atomic E-state index is 0.258. The molecule has 1 N–H and O–H groups in total. The molecule has 3 atom stereocenters. The maximum atomic E-state index is 10.0. The maximum absolute atomic E-state index is 10.0. The van der Waals surface area contributed by atoms with Gasteiger partial charge in [0.15, 0.2) is 0 Å². The lowest BCUT2D eigenvalue weighted by Crippen LogP contribution is -2.15. The predicted molar refractivity (Wildman–Crippen MR) is 59.8 cm³/mol. The van der Waals surface area contributed by atoms with Gasteiger partial charge in [-0.3, -0.25) is 0 Å². The van der Waals surface area contributed by atoms with Crippen LogP contribution in [-0.2, 0) is 0 Å². The number of aliphatic hydroxyl groups is 1. The van der Waals surface area contributed by atoms with E-state index in [9.17, 15) is 5.11 Å². The normalized spacial score (nSPS) is 31.9. The van der Waals surface area contributed by atoms with Crippen LogP contribution in [-0.4, -0.2) is 5.11 Å². The van der Waals surface area contributed by atoms with Gasteiger partial charge in [-0.05, 0) is 38.2 Å². The maximum Gasteiger partial charge on any atom is 0.113 e. The van der Waals surface area contributed by atoms with Crippen molar-refractivity contribution in [1.82, 2.24) is 0 Å². The molecule has 15 heavy (non-hydrogen) atoms. The number of hydrogen-bond donors (Lipinski definition) is 1. The SMILES string of the molecule is CC.Cc1cc2c(o1)C1CCC(C1)C2O. The molecule has 0 amide bonds. The summed E-state index contributed by atoms with van der Waals surface area (Å²) >= 11 is 0. The van der Waals surface area contributed by atoms with Crippen molar-refractivity contribution in [2.24, 2.45) is 5.92 Å². The van der Waals surface area contributed by atoms with Crippen molar-refractivity contribution in [1.29, 1.82) is 0 Å². The molecule has 0 radical (unpaired) electrons. The van der Waals surface area contributed by atoms with Gasteiger partial charge in [0.25, 0.3) is 0 Å². The van der Waals surface area contributed by atoms with Gasteiger partial charge in [0.05, 0.1) is 6.10 Å². The third kappa shape index (κ3) is 1.61. The Morgan fingerprint density at radius 3 is 2.80 bits per heavy atom. The Morgan fingerprint density at radius 2 is 2.07 bits per heavy atom. The fourth-order valence-electron chi connectivity index (χ4n) is 2.90. The van der Waals surface area contributed by atoms with Crippen molar-refractivity contribution < 1.29 is 9.52 Å². The van der Waals surface area contributed by atoms with Crippen LogP contribution in [0.25, 0.3) is 0 Å². The van der Waals surface area contributed by atoms with Gasteiger partial charge < -0.3 is 9.52 Å². The summed E-state index contributed by atoms with van der Waals surface area (Å²) in [5.74, 6) is 3.10. The van der Waals surface area contributed by atoms with Crippen LogP contribution >= 0.6 is 0 Å². The van der Waals surface area contributed by atoms with Crippen LogP contribution in [0.4, 0.5) is 0 Å². The summed E-state index contributed by atoms with van der Waals surface area (Å²) in [7, 11) is 0. The molecule has 2 aliphatic carbocycles. The first-order chi connectivity index (χ1) is 7.25. The van der Waals surface area contributed by atoms with Crippen LogP contribution < -0.4 is 0 Å². The van der Waals surface area contributed by atoms with Crippen LogP contribution in [0.3, 0.4) is 0 Å². The third-order valence-electron chi connectivity index (χ3n) is 3.52. The molecular weight excluding hydrogens is 188 g/mol. The van der Waals surface area contributed by atoms with E-state index in [4.69, 9.17) is 4.42 Å². The molecule has 2 bridgehead atoms. The van der Waals surface area contributed by atoms with Crippen molar-refractivity contribution in [2.75, 3.05) is 0 Å². The molecule has 2 aliphatic rings. The van der Waals surface area contributed by atoms with Crippen molar-refractivity contribution in [3.05, 3.63) is 23.2 Å². The quantitative estimate of drug-likeness (QED) is 0.707. The van der Waals surface area contributed by atoms with E-state index in [1.807, 2.05) is 26.8 Å². The molecular formula is C13H20O2. The molecule has 0 aliphatic heterocycles. The number of hydrogen-bond acceptors (Lipinski definition) is 2. The van der Waals surface area contributed by atoms with E-state index in [2.05, 4.69) is 0 Å². The van der Waals surface area contributed by atoms with Gasteiger partial charge in [-0.15, -0.1) is 0 Å². The van der Waals surface area contributed by atoms with Gasteiger partial charge in [-0.1, -0.05) is 13.8 Å². The smallest absolute Gasteiger partial charge is 0.113 e. The molecule has 0 aromatic carbocycles. The van der Waals surface area contributed by atoms with Gasteiger partial charge >= 0.3 is 0 Å². The molecule has 0 spiro atoms. The monoisotopic (exact) mass is 208 g/mol. The Labute approximate surface area is 91.3 Å². The minimum atomic E-state index is -0.258. The molecule has 0 saturated heterocycles. The highest BCUT2D eigenvalue weighted by Crippen LogP contribution is 2.51. The number of fused-ring (bicyclic) bond motifs is 4. The van der Waals surface area contributed by atoms with E-state index in [1.54, 1.807) is 0 Å². The molecule has 1 aromatic rings. The van der Waals surface area contributed by atoms with E-state index < -0.39 is 0 Å². The number of aryl methyl sites for hydroxylation is 1. The molecule has 1 heterocycles. The minimum Gasteiger partial charge on any atom is -0.466 e. The van der Waals surface area contributed by atoms with Crippen LogP contribution in [0, 0.1) is 12.8 Å². The average Bonchev–Trinajstić information content (AvgIpc) is 2.83. The van der Waals surface area contributed by atoms with Crippen LogP contribution in [0.15, 0.2) is 10.5 Å². The zero-order valence-electron chi connectivity index (χ0n) is 9.79. The summed E-state index contributed by atoms with van der Waals surface area (Å²) in [5, 5.41) is 10.0. The molecule has 2 heteroatoms. The fourth-order valence-corrected chi connectivity index (χ4v) is 2.90. The second kappa shape index (κ2) is 4.01. The van der Waals surface area contributed by atoms with E-state index in [0.717, 1.165) is 29.9 Å². The summed E-state index contributed by atoms with van der Waals surface area (Å²) in [4.78, 5) is 0. The molecule has 1 fully saturated rings. The van der Waals surface area contributed by atoms with Crippen molar-refractivity contribution in [3.63, 3.8) is 0 Å². The fraction of sp³-hybridized carbons (Fsp3) is 0.692. The molecule has 1 saturated carbocycles. The molecule has 3 rings (SSSR count). The topological polar surface area (TPSA) is 33.4 Å². The Balaban J connectivity index is 0.000000404. The lowest BCUT2D eigenvalue weighted by atomic mass is 9.86. The molecule has 84 valence electrons. The highest BCUT2D eigenvalue weighted by molar-refractivity contribution is 5.31. The standard InChI is InChI=1S/C11H14O2.C2H6/c1-6-4-9-10(12)7-2-3-8(5-7)11(9)13-6;1-2/h4,7-8,10,12H,2-3,5H2,1H3;1-2H3. The number of rotatable bonds is 0. The summed E-state index contributed by atoms with van der Waals surface area (Å²) in [6, 6.07) is 2.00. The third-order valence-corrected chi connectivity index (χ3v) is 3.52. The van der Waals surface area contributed by atoms with Crippen molar-refractivity contribution in [2.45, 2.75) is 52.1 Å². The Hall–Kier alpha value is -0.760. The highest BCUT2D eigenvalue weighted by atomic mass is 16.3. The highest BCUT2D eigenvalue weighted by Gasteiger charge is 2.41. The van der Waals surface area contributed by atoms with Gasteiger partial charge in [0, 0.05) is 11.5 Å². The van der Waals surface area contributed by atoms with E-state index in [-0.39, 0.29) is 6.10 Å².